The van der Waals surface area contributed by atoms with E-state index in [4.69, 9.17) is 27.9 Å². The molecule has 5 heteroatoms. The van der Waals surface area contributed by atoms with Crippen molar-refractivity contribution in [2.75, 3.05) is 13.2 Å². The Morgan fingerprint density at radius 1 is 1.11 bits per heavy atom. The third-order valence-corrected chi connectivity index (χ3v) is 3.21. The van der Waals surface area contributed by atoms with Gasteiger partial charge in [0.25, 0.3) is 0 Å². The number of benzene rings is 1. The lowest BCUT2D eigenvalue weighted by atomic mass is 10.3. The molecule has 19 heavy (non-hydrogen) atoms. The van der Waals surface area contributed by atoms with Crippen LogP contribution >= 0.6 is 23.2 Å². The number of pyridine rings is 1. The molecule has 1 aromatic heterocycles. The molecule has 0 atom stereocenters. The molecule has 0 bridgehead atoms. The van der Waals surface area contributed by atoms with Crippen LogP contribution in [0.2, 0.25) is 10.0 Å². The minimum absolute atomic E-state index is 0.501. The van der Waals surface area contributed by atoms with Gasteiger partial charge in [0.1, 0.15) is 12.4 Å². The van der Waals surface area contributed by atoms with E-state index in [1.807, 2.05) is 18.2 Å². The first-order valence-corrected chi connectivity index (χ1v) is 6.70. The maximum absolute atomic E-state index is 5.90. The van der Waals surface area contributed by atoms with Gasteiger partial charge >= 0.3 is 0 Å². The van der Waals surface area contributed by atoms with Gasteiger partial charge in [-0.3, -0.25) is 4.98 Å². The second-order valence-electron chi connectivity index (χ2n) is 3.92. The molecule has 0 unspecified atom stereocenters. The smallest absolute Gasteiger partial charge is 0.120 e. The van der Waals surface area contributed by atoms with Gasteiger partial charge in [-0.15, -0.1) is 0 Å². The second-order valence-corrected chi connectivity index (χ2v) is 4.74. The normalized spacial score (nSPS) is 10.4. The largest absolute Gasteiger partial charge is 0.492 e. The van der Waals surface area contributed by atoms with Gasteiger partial charge < -0.3 is 10.1 Å². The highest BCUT2D eigenvalue weighted by Crippen LogP contribution is 2.26. The molecule has 0 spiro atoms. The van der Waals surface area contributed by atoms with Crippen LogP contribution in [0.25, 0.3) is 0 Å². The number of ether oxygens (including phenoxy) is 1. The van der Waals surface area contributed by atoms with E-state index in [1.54, 1.807) is 24.4 Å². The maximum atomic E-state index is 5.90. The van der Waals surface area contributed by atoms with Crippen molar-refractivity contribution in [3.63, 3.8) is 0 Å². The lowest BCUT2D eigenvalue weighted by molar-refractivity contribution is 0.313. The second kappa shape index (κ2) is 7.34. The van der Waals surface area contributed by atoms with Gasteiger partial charge in [-0.2, -0.15) is 0 Å². The summed E-state index contributed by atoms with van der Waals surface area (Å²) in [5, 5.41) is 4.28. The van der Waals surface area contributed by atoms with Crippen LogP contribution in [0.5, 0.6) is 5.75 Å². The molecular weight excluding hydrogens is 283 g/mol. The number of nitrogens with zero attached hydrogens (tertiary/aromatic N) is 1. The molecule has 0 fully saturated rings. The van der Waals surface area contributed by atoms with Gasteiger partial charge in [-0.25, -0.2) is 0 Å². The SMILES string of the molecule is Clc1ccc(OCCNCc2ccccn2)cc1Cl. The molecule has 1 N–H and O–H groups in total. The predicted molar refractivity (Wildman–Crippen MR) is 77.9 cm³/mol. The molecule has 0 aliphatic carbocycles. The van der Waals surface area contributed by atoms with Crippen LogP contribution in [0, 0.1) is 0 Å². The van der Waals surface area contributed by atoms with Crippen molar-refractivity contribution in [3.05, 3.63) is 58.3 Å². The van der Waals surface area contributed by atoms with Crippen LogP contribution < -0.4 is 10.1 Å². The van der Waals surface area contributed by atoms with Gasteiger partial charge in [-0.05, 0) is 24.3 Å². The summed E-state index contributed by atoms with van der Waals surface area (Å²) in [6.07, 6.45) is 1.78. The van der Waals surface area contributed by atoms with Crippen molar-refractivity contribution in [2.24, 2.45) is 0 Å². The highest BCUT2D eigenvalue weighted by molar-refractivity contribution is 6.42. The van der Waals surface area contributed by atoms with Crippen LogP contribution in [0.4, 0.5) is 0 Å². The van der Waals surface area contributed by atoms with Gasteiger partial charge in [0.05, 0.1) is 15.7 Å². The molecule has 0 radical (unpaired) electrons. The Morgan fingerprint density at radius 3 is 2.74 bits per heavy atom. The number of rotatable bonds is 6. The van der Waals surface area contributed by atoms with E-state index in [9.17, 15) is 0 Å². The van der Waals surface area contributed by atoms with E-state index in [2.05, 4.69) is 10.3 Å². The summed E-state index contributed by atoms with van der Waals surface area (Å²) < 4.78 is 5.55. The molecule has 100 valence electrons. The highest BCUT2D eigenvalue weighted by Gasteiger charge is 2.00. The first-order valence-electron chi connectivity index (χ1n) is 5.94. The van der Waals surface area contributed by atoms with E-state index in [0.717, 1.165) is 18.8 Å². The summed E-state index contributed by atoms with van der Waals surface area (Å²) in [5.41, 5.74) is 1.01. The number of hydrogen-bond acceptors (Lipinski definition) is 3. The Hall–Kier alpha value is -1.29. The summed E-state index contributed by atoms with van der Waals surface area (Å²) >= 11 is 11.7. The van der Waals surface area contributed by atoms with E-state index in [1.165, 1.54) is 0 Å². The van der Waals surface area contributed by atoms with Crippen LogP contribution in [0.1, 0.15) is 5.69 Å². The monoisotopic (exact) mass is 296 g/mol. The van der Waals surface area contributed by atoms with Gasteiger partial charge in [0.2, 0.25) is 0 Å². The predicted octanol–water partition coefficient (Wildman–Crippen LogP) is 3.56. The Kier molecular flexibility index (Phi) is 5.45. The third-order valence-electron chi connectivity index (χ3n) is 2.47. The quantitative estimate of drug-likeness (QED) is 0.828. The molecule has 2 aromatic rings. The third kappa shape index (κ3) is 4.71. The first kappa shape index (κ1) is 14.1. The summed E-state index contributed by atoms with van der Waals surface area (Å²) in [6.45, 7) is 2.02. The van der Waals surface area contributed by atoms with E-state index in [0.29, 0.717) is 22.4 Å². The summed E-state index contributed by atoms with van der Waals surface area (Å²) in [7, 11) is 0. The molecule has 1 aromatic carbocycles. The number of nitrogens with one attached hydrogen (secondary N) is 1. The summed E-state index contributed by atoms with van der Waals surface area (Å²) in [5.74, 6) is 0.717. The molecule has 0 saturated heterocycles. The highest BCUT2D eigenvalue weighted by atomic mass is 35.5. The van der Waals surface area contributed by atoms with Crippen molar-refractivity contribution in [2.45, 2.75) is 6.54 Å². The van der Waals surface area contributed by atoms with E-state index < -0.39 is 0 Å². The Morgan fingerprint density at radius 2 is 2.00 bits per heavy atom. The van der Waals surface area contributed by atoms with Crippen LogP contribution in [0.3, 0.4) is 0 Å². The molecular formula is C14H14Cl2N2O. The lowest BCUT2D eigenvalue weighted by Gasteiger charge is -2.08. The molecule has 2 rings (SSSR count). The van der Waals surface area contributed by atoms with E-state index >= 15 is 0 Å². The molecule has 1 heterocycles. The minimum Gasteiger partial charge on any atom is -0.492 e. The fraction of sp³-hybridized carbons (Fsp3) is 0.214. The average molecular weight is 297 g/mol. The zero-order valence-corrected chi connectivity index (χ0v) is 11.8. The summed E-state index contributed by atoms with van der Waals surface area (Å²) in [4.78, 5) is 4.22. The van der Waals surface area contributed by atoms with Crippen molar-refractivity contribution in [3.8, 4) is 5.75 Å². The van der Waals surface area contributed by atoms with Gasteiger partial charge in [-0.1, -0.05) is 29.3 Å². The molecule has 0 saturated carbocycles. The van der Waals surface area contributed by atoms with Crippen molar-refractivity contribution in [1.82, 2.24) is 10.3 Å². The average Bonchev–Trinajstić information content (AvgIpc) is 2.43. The van der Waals surface area contributed by atoms with Crippen molar-refractivity contribution in [1.29, 1.82) is 0 Å². The lowest BCUT2D eigenvalue weighted by Crippen LogP contribution is -2.21. The molecule has 0 aliphatic heterocycles. The fourth-order valence-electron chi connectivity index (χ4n) is 1.53. The Labute approximate surface area is 122 Å². The Balaban J connectivity index is 1.68. The molecule has 0 aliphatic rings. The van der Waals surface area contributed by atoms with Crippen LogP contribution in [-0.2, 0) is 6.54 Å². The van der Waals surface area contributed by atoms with Crippen molar-refractivity contribution < 1.29 is 4.74 Å². The Bertz CT molecular complexity index is 520. The zero-order valence-electron chi connectivity index (χ0n) is 10.3. The number of halogens is 2. The maximum Gasteiger partial charge on any atom is 0.120 e. The van der Waals surface area contributed by atoms with Gasteiger partial charge in [0, 0.05) is 25.4 Å². The number of hydrogen-bond donors (Lipinski definition) is 1. The number of aromatic nitrogens is 1. The fourth-order valence-corrected chi connectivity index (χ4v) is 1.81. The van der Waals surface area contributed by atoms with Crippen LogP contribution in [0.15, 0.2) is 42.6 Å². The molecule has 3 nitrogen and oxygen atoms in total. The summed E-state index contributed by atoms with van der Waals surface area (Å²) in [6, 6.07) is 11.1. The standard InChI is InChI=1S/C14H14Cl2N2O/c15-13-5-4-12(9-14(13)16)19-8-7-17-10-11-3-1-2-6-18-11/h1-6,9,17H,7-8,10H2. The van der Waals surface area contributed by atoms with Crippen LogP contribution in [-0.4, -0.2) is 18.1 Å². The topological polar surface area (TPSA) is 34.1 Å². The minimum atomic E-state index is 0.501. The first-order chi connectivity index (χ1) is 9.25. The van der Waals surface area contributed by atoms with Crippen molar-refractivity contribution >= 4 is 23.2 Å². The van der Waals surface area contributed by atoms with Gasteiger partial charge in [0.15, 0.2) is 0 Å². The molecule has 0 amide bonds. The zero-order chi connectivity index (χ0) is 13.5. The van der Waals surface area contributed by atoms with E-state index in [-0.39, 0.29) is 0 Å².